The molecule has 170 valence electrons. The van der Waals surface area contributed by atoms with Gasteiger partial charge in [-0.15, -0.1) is 0 Å². The Morgan fingerprint density at radius 1 is 1.16 bits per heavy atom. The smallest absolute Gasteiger partial charge is 0.233 e. The third-order valence-electron chi connectivity index (χ3n) is 5.63. The number of nitrogens with zero attached hydrogens (tertiary/aromatic N) is 4. The van der Waals surface area contributed by atoms with Gasteiger partial charge in [-0.25, -0.2) is 9.37 Å². The van der Waals surface area contributed by atoms with E-state index in [-0.39, 0.29) is 11.7 Å². The second-order valence-corrected chi connectivity index (χ2v) is 9.02. The van der Waals surface area contributed by atoms with E-state index in [1.165, 1.54) is 17.8 Å². The van der Waals surface area contributed by atoms with Crippen LogP contribution in [0.2, 0.25) is 5.02 Å². The average Bonchev–Trinajstić information content (AvgIpc) is 3.16. The maximum atomic E-state index is 14.1. The highest BCUT2D eigenvalue weighted by Gasteiger charge is 2.23. The summed E-state index contributed by atoms with van der Waals surface area (Å²) >= 11 is 7.61. The SMILES string of the molecule is COCCn1c(SCC(=O)N2CCN(Cc3c(F)cccc3Cl)CC2)nc2ccccc21. The summed E-state index contributed by atoms with van der Waals surface area (Å²) in [6, 6.07) is 12.7. The zero-order valence-electron chi connectivity index (χ0n) is 18.0. The topological polar surface area (TPSA) is 50.6 Å². The Balaban J connectivity index is 1.33. The largest absolute Gasteiger partial charge is 0.383 e. The summed E-state index contributed by atoms with van der Waals surface area (Å²) in [6.07, 6.45) is 0. The first-order chi connectivity index (χ1) is 15.6. The van der Waals surface area contributed by atoms with E-state index in [1.807, 2.05) is 29.2 Å². The van der Waals surface area contributed by atoms with Crippen molar-refractivity contribution in [1.29, 1.82) is 0 Å². The molecule has 6 nitrogen and oxygen atoms in total. The van der Waals surface area contributed by atoms with Crippen molar-refractivity contribution in [3.05, 3.63) is 58.9 Å². The van der Waals surface area contributed by atoms with Crippen molar-refractivity contribution < 1.29 is 13.9 Å². The van der Waals surface area contributed by atoms with Crippen molar-refractivity contribution in [3.8, 4) is 0 Å². The Labute approximate surface area is 196 Å². The number of rotatable bonds is 8. The molecule has 0 saturated carbocycles. The van der Waals surface area contributed by atoms with Crippen molar-refractivity contribution in [3.63, 3.8) is 0 Å². The first-order valence-corrected chi connectivity index (χ1v) is 11.9. The minimum atomic E-state index is -0.288. The lowest BCUT2D eigenvalue weighted by Crippen LogP contribution is -2.48. The fourth-order valence-electron chi connectivity index (χ4n) is 3.84. The lowest BCUT2D eigenvalue weighted by molar-refractivity contribution is -0.130. The summed E-state index contributed by atoms with van der Waals surface area (Å²) in [4.78, 5) is 21.5. The van der Waals surface area contributed by atoms with Crippen molar-refractivity contribution in [2.24, 2.45) is 0 Å². The molecule has 1 fully saturated rings. The molecule has 1 aliphatic rings. The van der Waals surface area contributed by atoms with Gasteiger partial charge >= 0.3 is 0 Å². The van der Waals surface area contributed by atoms with Gasteiger partial charge in [0.2, 0.25) is 5.91 Å². The number of thioether (sulfide) groups is 1. The Hall–Kier alpha value is -2.13. The van der Waals surface area contributed by atoms with Crippen LogP contribution in [0.3, 0.4) is 0 Å². The number of methoxy groups -OCH3 is 1. The molecule has 2 heterocycles. The number of halogens is 2. The Bertz CT molecular complexity index is 1060. The Morgan fingerprint density at radius 3 is 2.69 bits per heavy atom. The van der Waals surface area contributed by atoms with Crippen molar-refractivity contribution >= 4 is 40.3 Å². The predicted octanol–water partition coefficient (Wildman–Crippen LogP) is 3.91. The monoisotopic (exact) mass is 476 g/mol. The second kappa shape index (κ2) is 10.7. The maximum absolute atomic E-state index is 14.1. The number of ether oxygens (including phenoxy) is 1. The number of carbonyl (C=O) groups is 1. The van der Waals surface area contributed by atoms with Crippen molar-refractivity contribution in [1.82, 2.24) is 19.4 Å². The summed E-state index contributed by atoms with van der Waals surface area (Å²) < 4.78 is 21.4. The quantitative estimate of drug-likeness (QED) is 0.461. The number of hydrogen-bond acceptors (Lipinski definition) is 5. The Kier molecular flexibility index (Phi) is 7.67. The molecule has 2 aromatic carbocycles. The summed E-state index contributed by atoms with van der Waals surface area (Å²) in [7, 11) is 1.68. The minimum Gasteiger partial charge on any atom is -0.383 e. The number of para-hydroxylation sites is 2. The van der Waals surface area contributed by atoms with Crippen LogP contribution >= 0.6 is 23.4 Å². The molecule has 0 N–H and O–H groups in total. The normalized spacial score (nSPS) is 14.9. The molecule has 0 aliphatic carbocycles. The molecule has 3 aromatic rings. The molecule has 0 atom stereocenters. The molecule has 32 heavy (non-hydrogen) atoms. The van der Waals surface area contributed by atoms with Crippen molar-refractivity contribution in [2.45, 2.75) is 18.2 Å². The maximum Gasteiger partial charge on any atom is 0.233 e. The molecule has 0 unspecified atom stereocenters. The number of piperazine rings is 1. The highest BCUT2D eigenvalue weighted by Crippen LogP contribution is 2.25. The summed E-state index contributed by atoms with van der Waals surface area (Å²) in [5.74, 6) is 0.128. The molecule has 4 rings (SSSR count). The van der Waals surface area contributed by atoms with E-state index >= 15 is 0 Å². The minimum absolute atomic E-state index is 0.0870. The number of aromatic nitrogens is 2. The van der Waals surface area contributed by atoms with Crippen LogP contribution in [-0.4, -0.2) is 70.9 Å². The number of fused-ring (bicyclic) bond motifs is 1. The van der Waals surface area contributed by atoms with Crippen LogP contribution in [0, 0.1) is 5.82 Å². The molecular weight excluding hydrogens is 451 g/mol. The van der Waals surface area contributed by atoms with Gasteiger partial charge < -0.3 is 14.2 Å². The molecule has 0 spiro atoms. The van der Waals surface area contributed by atoms with E-state index in [4.69, 9.17) is 21.3 Å². The van der Waals surface area contributed by atoms with Gasteiger partial charge in [0, 0.05) is 57.0 Å². The molecule has 9 heteroatoms. The Morgan fingerprint density at radius 2 is 1.94 bits per heavy atom. The van der Waals surface area contributed by atoms with Gasteiger partial charge in [0.15, 0.2) is 5.16 Å². The molecule has 1 saturated heterocycles. The zero-order valence-corrected chi connectivity index (χ0v) is 19.5. The third kappa shape index (κ3) is 5.26. The van der Waals surface area contributed by atoms with E-state index in [0.29, 0.717) is 62.2 Å². The fourth-order valence-corrected chi connectivity index (χ4v) is 5.01. The third-order valence-corrected chi connectivity index (χ3v) is 6.95. The highest BCUT2D eigenvalue weighted by atomic mass is 35.5. The van der Waals surface area contributed by atoms with Gasteiger partial charge in [-0.3, -0.25) is 9.69 Å². The van der Waals surface area contributed by atoms with Crippen LogP contribution in [0.1, 0.15) is 5.56 Å². The molecule has 0 radical (unpaired) electrons. The molecular formula is C23H26ClFN4O2S. The molecule has 1 aromatic heterocycles. The standard InChI is InChI=1S/C23H26ClFN4O2S/c1-31-14-13-29-21-8-3-2-7-20(21)26-23(29)32-16-22(30)28-11-9-27(10-12-28)15-17-18(24)5-4-6-19(17)25/h2-8H,9-16H2,1H3. The summed E-state index contributed by atoms with van der Waals surface area (Å²) in [5.41, 5.74) is 2.47. The van der Waals surface area contributed by atoms with E-state index in [9.17, 15) is 9.18 Å². The first-order valence-electron chi connectivity index (χ1n) is 10.6. The van der Waals surface area contributed by atoms with Gasteiger partial charge in [-0.05, 0) is 24.3 Å². The van der Waals surface area contributed by atoms with E-state index in [2.05, 4.69) is 9.47 Å². The van der Waals surface area contributed by atoms with E-state index in [1.54, 1.807) is 19.2 Å². The predicted molar refractivity (Wildman–Crippen MR) is 126 cm³/mol. The van der Waals surface area contributed by atoms with Crippen LogP contribution in [0.25, 0.3) is 11.0 Å². The van der Waals surface area contributed by atoms with E-state index in [0.717, 1.165) is 16.2 Å². The van der Waals surface area contributed by atoms with Gasteiger partial charge in [0.1, 0.15) is 5.82 Å². The number of amides is 1. The van der Waals surface area contributed by atoms with Gasteiger partial charge in [-0.1, -0.05) is 41.6 Å². The average molecular weight is 477 g/mol. The second-order valence-electron chi connectivity index (χ2n) is 7.67. The number of carbonyl (C=O) groups excluding carboxylic acids is 1. The molecule has 1 amide bonds. The van der Waals surface area contributed by atoms with Gasteiger partial charge in [0.25, 0.3) is 0 Å². The van der Waals surface area contributed by atoms with Crippen LogP contribution in [0.5, 0.6) is 0 Å². The lowest BCUT2D eigenvalue weighted by atomic mass is 10.2. The van der Waals surface area contributed by atoms with Crippen molar-refractivity contribution in [2.75, 3.05) is 45.6 Å². The van der Waals surface area contributed by atoms with Gasteiger partial charge in [-0.2, -0.15) is 0 Å². The number of imidazole rings is 1. The van der Waals surface area contributed by atoms with Gasteiger partial charge in [0.05, 0.1) is 23.4 Å². The van der Waals surface area contributed by atoms with Crippen LogP contribution in [0.4, 0.5) is 4.39 Å². The summed E-state index contributed by atoms with van der Waals surface area (Å²) in [6.45, 7) is 4.32. The van der Waals surface area contributed by atoms with Crippen LogP contribution in [0.15, 0.2) is 47.6 Å². The zero-order chi connectivity index (χ0) is 22.5. The molecule has 1 aliphatic heterocycles. The first kappa shape index (κ1) is 23.0. The van der Waals surface area contributed by atoms with Crippen LogP contribution < -0.4 is 0 Å². The van der Waals surface area contributed by atoms with E-state index < -0.39 is 0 Å². The summed E-state index contributed by atoms with van der Waals surface area (Å²) in [5, 5.41) is 1.26. The molecule has 0 bridgehead atoms. The number of hydrogen-bond donors (Lipinski definition) is 0. The fraction of sp³-hybridized carbons (Fsp3) is 0.391. The lowest BCUT2D eigenvalue weighted by Gasteiger charge is -2.35. The van der Waals surface area contributed by atoms with Crippen LogP contribution in [-0.2, 0) is 22.6 Å². The highest BCUT2D eigenvalue weighted by molar-refractivity contribution is 7.99. The number of benzene rings is 2.